The third-order valence-electron chi connectivity index (χ3n) is 3.47. The molecule has 0 bridgehead atoms. The lowest BCUT2D eigenvalue weighted by molar-refractivity contribution is -0.115. The van der Waals surface area contributed by atoms with E-state index in [4.69, 9.17) is 4.42 Å². The Morgan fingerprint density at radius 3 is 2.42 bits per heavy atom. The molecule has 0 unspecified atom stereocenters. The summed E-state index contributed by atoms with van der Waals surface area (Å²) in [5, 5.41) is 7.59. The summed E-state index contributed by atoms with van der Waals surface area (Å²) in [5.41, 5.74) is 1.57. The Balaban J connectivity index is 1.72. The number of benzene rings is 1. The van der Waals surface area contributed by atoms with Gasteiger partial charge in [0.05, 0.1) is 29.6 Å². The molecule has 1 aromatic carbocycles. The van der Waals surface area contributed by atoms with Crippen LogP contribution in [0.2, 0.25) is 0 Å². The number of furan rings is 1. The normalized spacial score (nSPS) is 10.4. The quantitative estimate of drug-likeness (QED) is 0.735. The van der Waals surface area contributed by atoms with Gasteiger partial charge in [-0.2, -0.15) is 0 Å². The summed E-state index contributed by atoms with van der Waals surface area (Å²) >= 11 is 1.54. The van der Waals surface area contributed by atoms with E-state index >= 15 is 0 Å². The Kier molecular flexibility index (Phi) is 4.77. The van der Waals surface area contributed by atoms with Crippen molar-refractivity contribution in [2.24, 2.45) is 0 Å². The van der Waals surface area contributed by atoms with Crippen molar-refractivity contribution in [1.82, 2.24) is 0 Å². The fourth-order valence-electron chi connectivity index (χ4n) is 2.28. The summed E-state index contributed by atoms with van der Waals surface area (Å²) in [6.45, 7) is 1.73. The highest BCUT2D eigenvalue weighted by molar-refractivity contribution is 7.10. The number of rotatable bonds is 5. The zero-order chi connectivity index (χ0) is 16.9. The molecule has 6 heteroatoms. The molecule has 0 spiro atoms. The first-order chi connectivity index (χ1) is 11.6. The number of aryl methyl sites for hydroxylation is 1. The molecule has 122 valence electrons. The van der Waals surface area contributed by atoms with Crippen LogP contribution in [0.25, 0.3) is 0 Å². The van der Waals surface area contributed by atoms with E-state index in [1.165, 1.54) is 17.6 Å². The zero-order valence-corrected chi connectivity index (χ0v) is 13.9. The van der Waals surface area contributed by atoms with Crippen LogP contribution in [0.15, 0.2) is 58.5 Å². The van der Waals surface area contributed by atoms with Gasteiger partial charge in [-0.3, -0.25) is 9.59 Å². The van der Waals surface area contributed by atoms with Crippen LogP contribution in [-0.2, 0) is 11.2 Å². The van der Waals surface area contributed by atoms with E-state index in [0.717, 1.165) is 4.88 Å². The molecule has 2 amide bonds. The minimum absolute atomic E-state index is 0.126. The van der Waals surface area contributed by atoms with Gasteiger partial charge < -0.3 is 15.1 Å². The van der Waals surface area contributed by atoms with Crippen molar-refractivity contribution >= 4 is 34.5 Å². The number of amides is 2. The zero-order valence-electron chi connectivity index (χ0n) is 13.0. The number of carbonyl (C=O) groups excluding carboxylic acids is 2. The SMILES string of the molecule is Cc1occc1C(=O)Nc1ccccc1NC(=O)Cc1cccs1. The second kappa shape index (κ2) is 7.14. The number of hydrogen-bond acceptors (Lipinski definition) is 4. The van der Waals surface area contributed by atoms with Gasteiger partial charge in [0, 0.05) is 4.88 Å². The van der Waals surface area contributed by atoms with Crippen LogP contribution in [0.5, 0.6) is 0 Å². The maximum absolute atomic E-state index is 12.3. The standard InChI is InChI=1S/C18H16N2O3S/c1-12-14(8-9-23-12)18(22)20-16-7-3-2-6-15(16)19-17(21)11-13-5-4-10-24-13/h2-10H,11H2,1H3,(H,19,21)(H,20,22). The van der Waals surface area contributed by atoms with E-state index in [1.807, 2.05) is 17.5 Å². The second-order valence-corrected chi connectivity index (χ2v) is 6.23. The van der Waals surface area contributed by atoms with Crippen molar-refractivity contribution in [1.29, 1.82) is 0 Å². The summed E-state index contributed by atoms with van der Waals surface area (Å²) < 4.78 is 5.15. The molecule has 0 aliphatic carbocycles. The average Bonchev–Trinajstić information content (AvgIpc) is 3.20. The van der Waals surface area contributed by atoms with Crippen LogP contribution >= 0.6 is 11.3 Å². The van der Waals surface area contributed by atoms with Crippen LogP contribution in [0.4, 0.5) is 11.4 Å². The lowest BCUT2D eigenvalue weighted by atomic mass is 10.2. The Morgan fingerprint density at radius 1 is 1.04 bits per heavy atom. The van der Waals surface area contributed by atoms with Crippen molar-refractivity contribution in [3.63, 3.8) is 0 Å². The molecule has 0 aliphatic heterocycles. The number of carbonyl (C=O) groups is 2. The van der Waals surface area contributed by atoms with Gasteiger partial charge in [-0.25, -0.2) is 0 Å². The van der Waals surface area contributed by atoms with Gasteiger partial charge in [0.25, 0.3) is 5.91 Å². The number of hydrogen-bond donors (Lipinski definition) is 2. The predicted molar refractivity (Wildman–Crippen MR) is 94.5 cm³/mol. The molecule has 3 rings (SSSR count). The molecular weight excluding hydrogens is 324 g/mol. The molecular formula is C18H16N2O3S. The number of para-hydroxylation sites is 2. The summed E-state index contributed by atoms with van der Waals surface area (Å²) in [7, 11) is 0. The Bertz CT molecular complexity index is 853. The van der Waals surface area contributed by atoms with Crippen molar-refractivity contribution in [3.05, 3.63) is 70.3 Å². The van der Waals surface area contributed by atoms with Crippen molar-refractivity contribution in [2.75, 3.05) is 10.6 Å². The van der Waals surface area contributed by atoms with Gasteiger partial charge in [0.1, 0.15) is 5.76 Å². The van der Waals surface area contributed by atoms with E-state index in [9.17, 15) is 9.59 Å². The Hall–Kier alpha value is -2.86. The number of anilines is 2. The summed E-state index contributed by atoms with van der Waals surface area (Å²) in [4.78, 5) is 25.5. The van der Waals surface area contributed by atoms with Crippen LogP contribution < -0.4 is 10.6 Å². The van der Waals surface area contributed by atoms with E-state index in [0.29, 0.717) is 29.1 Å². The first-order valence-corrected chi connectivity index (χ1v) is 8.28. The molecule has 0 saturated heterocycles. The highest BCUT2D eigenvalue weighted by atomic mass is 32.1. The highest BCUT2D eigenvalue weighted by Gasteiger charge is 2.14. The van der Waals surface area contributed by atoms with Gasteiger partial charge in [0.2, 0.25) is 5.91 Å². The van der Waals surface area contributed by atoms with Crippen LogP contribution in [0.3, 0.4) is 0 Å². The molecule has 2 heterocycles. The summed E-state index contributed by atoms with van der Waals surface area (Å²) in [6, 6.07) is 12.5. The molecule has 2 N–H and O–H groups in total. The summed E-state index contributed by atoms with van der Waals surface area (Å²) in [6.07, 6.45) is 1.78. The van der Waals surface area contributed by atoms with Crippen molar-refractivity contribution in [3.8, 4) is 0 Å². The average molecular weight is 340 g/mol. The lowest BCUT2D eigenvalue weighted by Crippen LogP contribution is -2.17. The lowest BCUT2D eigenvalue weighted by Gasteiger charge is -2.12. The third-order valence-corrected chi connectivity index (χ3v) is 4.34. The monoisotopic (exact) mass is 340 g/mol. The van der Waals surface area contributed by atoms with E-state index < -0.39 is 0 Å². The van der Waals surface area contributed by atoms with Gasteiger partial charge in [0.15, 0.2) is 0 Å². The van der Waals surface area contributed by atoms with Gasteiger partial charge in [-0.15, -0.1) is 11.3 Å². The van der Waals surface area contributed by atoms with Crippen molar-refractivity contribution < 1.29 is 14.0 Å². The fourth-order valence-corrected chi connectivity index (χ4v) is 2.98. The minimum Gasteiger partial charge on any atom is -0.469 e. The molecule has 0 atom stereocenters. The summed E-state index contributed by atoms with van der Waals surface area (Å²) in [5.74, 6) is 0.145. The van der Waals surface area contributed by atoms with Gasteiger partial charge in [-0.05, 0) is 36.6 Å². The smallest absolute Gasteiger partial charge is 0.259 e. The topological polar surface area (TPSA) is 71.3 Å². The maximum Gasteiger partial charge on any atom is 0.259 e. The van der Waals surface area contributed by atoms with Crippen LogP contribution in [-0.4, -0.2) is 11.8 Å². The number of nitrogens with one attached hydrogen (secondary N) is 2. The highest BCUT2D eigenvalue weighted by Crippen LogP contribution is 2.23. The molecule has 0 fully saturated rings. The van der Waals surface area contributed by atoms with E-state index in [-0.39, 0.29) is 11.8 Å². The van der Waals surface area contributed by atoms with Gasteiger partial charge in [-0.1, -0.05) is 18.2 Å². The third kappa shape index (κ3) is 3.72. The van der Waals surface area contributed by atoms with E-state index in [2.05, 4.69) is 10.6 Å². The van der Waals surface area contributed by atoms with Crippen LogP contribution in [0.1, 0.15) is 21.0 Å². The Labute approximate surface area is 143 Å². The van der Waals surface area contributed by atoms with Gasteiger partial charge >= 0.3 is 0 Å². The molecule has 0 aliphatic rings. The molecule has 2 aromatic heterocycles. The van der Waals surface area contributed by atoms with Crippen LogP contribution in [0, 0.1) is 6.92 Å². The molecule has 5 nitrogen and oxygen atoms in total. The fraction of sp³-hybridized carbons (Fsp3) is 0.111. The minimum atomic E-state index is -0.277. The molecule has 3 aromatic rings. The Morgan fingerprint density at radius 2 is 1.79 bits per heavy atom. The van der Waals surface area contributed by atoms with Crippen molar-refractivity contribution in [2.45, 2.75) is 13.3 Å². The first-order valence-electron chi connectivity index (χ1n) is 7.40. The molecule has 24 heavy (non-hydrogen) atoms. The predicted octanol–water partition coefficient (Wildman–Crippen LogP) is 4.08. The first kappa shape index (κ1) is 16.0. The molecule has 0 radical (unpaired) electrons. The maximum atomic E-state index is 12.3. The van der Waals surface area contributed by atoms with E-state index in [1.54, 1.807) is 37.3 Å². The largest absolute Gasteiger partial charge is 0.469 e. The number of thiophene rings is 1. The second-order valence-electron chi connectivity index (χ2n) is 5.19. The molecule has 0 saturated carbocycles.